The van der Waals surface area contributed by atoms with Gasteiger partial charge < -0.3 is 4.74 Å². The largest absolute Gasteiger partial charge is 0.463 e. The van der Waals surface area contributed by atoms with E-state index in [1.807, 2.05) is 6.26 Å². The zero-order valence-electron chi connectivity index (χ0n) is 7.00. The van der Waals surface area contributed by atoms with Crippen LogP contribution in [0, 0.1) is 0 Å². The summed E-state index contributed by atoms with van der Waals surface area (Å²) in [6.07, 6.45) is 1.65. The second-order valence-corrected chi connectivity index (χ2v) is 4.03. The van der Waals surface area contributed by atoms with Crippen molar-refractivity contribution in [3.63, 3.8) is 0 Å². The van der Waals surface area contributed by atoms with Crippen LogP contribution in [0.1, 0.15) is 13.3 Å². The Morgan fingerprint density at radius 3 is 2.58 bits per heavy atom. The fourth-order valence-corrected chi connectivity index (χ4v) is 0.748. The predicted molar refractivity (Wildman–Crippen MR) is 49.4 cm³/mol. The molecular weight excluding hydrogens is 200 g/mol. The standard InChI is InChI=1S/C7H11ClO3S/c1-5(9)3-7(10)11-4-6(8)12-2/h6H,3-4H2,1-2H3. The average Bonchev–Trinajstić information content (AvgIpc) is 1.99. The van der Waals surface area contributed by atoms with E-state index in [4.69, 9.17) is 16.3 Å². The molecule has 0 fully saturated rings. The van der Waals surface area contributed by atoms with Crippen LogP contribution in [0.4, 0.5) is 0 Å². The molecule has 1 atom stereocenters. The number of thioether (sulfide) groups is 1. The number of ether oxygens (including phenoxy) is 1. The summed E-state index contributed by atoms with van der Waals surface area (Å²) in [7, 11) is 0. The summed E-state index contributed by atoms with van der Waals surface area (Å²) in [4.78, 5) is 21.2. The zero-order valence-corrected chi connectivity index (χ0v) is 8.57. The number of halogens is 1. The van der Waals surface area contributed by atoms with E-state index in [0.717, 1.165) is 0 Å². The zero-order chi connectivity index (χ0) is 9.56. The molecule has 0 amide bonds. The summed E-state index contributed by atoms with van der Waals surface area (Å²) in [6.45, 7) is 1.49. The number of rotatable bonds is 5. The Labute approximate surface area is 80.8 Å². The van der Waals surface area contributed by atoms with Crippen LogP contribution in [0.25, 0.3) is 0 Å². The van der Waals surface area contributed by atoms with Gasteiger partial charge in [-0.1, -0.05) is 0 Å². The number of carbonyl (C=O) groups excluding carboxylic acids is 2. The van der Waals surface area contributed by atoms with Gasteiger partial charge in [-0.25, -0.2) is 0 Å². The van der Waals surface area contributed by atoms with Crippen molar-refractivity contribution in [1.29, 1.82) is 0 Å². The van der Waals surface area contributed by atoms with Crippen molar-refractivity contribution in [2.75, 3.05) is 12.9 Å². The lowest BCUT2D eigenvalue weighted by Gasteiger charge is -2.06. The Balaban J connectivity index is 3.50. The van der Waals surface area contributed by atoms with E-state index < -0.39 is 5.97 Å². The van der Waals surface area contributed by atoms with E-state index in [2.05, 4.69) is 0 Å². The molecule has 0 rings (SSSR count). The molecule has 0 aromatic rings. The lowest BCUT2D eigenvalue weighted by Crippen LogP contribution is -2.13. The number of hydrogen-bond acceptors (Lipinski definition) is 4. The second kappa shape index (κ2) is 6.31. The summed E-state index contributed by atoms with van der Waals surface area (Å²) >= 11 is 7.04. The SMILES string of the molecule is CSC(Cl)COC(=O)CC(C)=O. The van der Waals surface area contributed by atoms with Gasteiger partial charge in [0.2, 0.25) is 0 Å². The van der Waals surface area contributed by atoms with Crippen molar-refractivity contribution >= 4 is 35.1 Å². The van der Waals surface area contributed by atoms with Crippen LogP contribution in [0.2, 0.25) is 0 Å². The van der Waals surface area contributed by atoms with Gasteiger partial charge in [0.05, 0.1) is 0 Å². The molecule has 0 aliphatic heterocycles. The van der Waals surface area contributed by atoms with Crippen LogP contribution in [0.5, 0.6) is 0 Å². The highest BCUT2D eigenvalue weighted by Crippen LogP contribution is 2.11. The van der Waals surface area contributed by atoms with Crippen LogP contribution in [0.15, 0.2) is 0 Å². The number of carbonyl (C=O) groups is 2. The minimum atomic E-state index is -0.512. The van der Waals surface area contributed by atoms with Gasteiger partial charge in [-0.3, -0.25) is 9.59 Å². The van der Waals surface area contributed by atoms with Crippen LogP contribution in [-0.2, 0) is 14.3 Å². The van der Waals surface area contributed by atoms with Gasteiger partial charge in [0.1, 0.15) is 23.5 Å². The maximum atomic E-state index is 10.8. The summed E-state index contributed by atoms with van der Waals surface area (Å²) < 4.78 is 4.46. The molecule has 0 bridgehead atoms. The van der Waals surface area contributed by atoms with Crippen LogP contribution < -0.4 is 0 Å². The first-order chi connectivity index (χ1) is 5.56. The van der Waals surface area contributed by atoms with Crippen molar-refractivity contribution in [1.82, 2.24) is 0 Å². The van der Waals surface area contributed by atoms with Crippen molar-refractivity contribution < 1.29 is 14.3 Å². The molecule has 0 heterocycles. The Hall–Kier alpha value is -0.220. The molecule has 0 saturated heterocycles. The number of Topliss-reactive ketones (excluding diaryl/α,β-unsaturated/α-hetero) is 1. The molecule has 12 heavy (non-hydrogen) atoms. The second-order valence-electron chi connectivity index (χ2n) is 2.21. The van der Waals surface area contributed by atoms with Crippen molar-refractivity contribution in [3.8, 4) is 0 Å². The normalized spacial score (nSPS) is 12.2. The van der Waals surface area contributed by atoms with Crippen LogP contribution in [-0.4, -0.2) is 29.3 Å². The molecule has 0 aliphatic rings. The summed E-state index contributed by atoms with van der Waals surface area (Å²) in [5.41, 5.74) is 0. The predicted octanol–water partition coefficient (Wildman–Crippen LogP) is 1.44. The first-order valence-electron chi connectivity index (χ1n) is 3.38. The lowest BCUT2D eigenvalue weighted by atomic mass is 10.3. The van der Waals surface area contributed by atoms with Crippen molar-refractivity contribution in [2.24, 2.45) is 0 Å². The minimum absolute atomic E-state index is 0.148. The first-order valence-corrected chi connectivity index (χ1v) is 5.10. The summed E-state index contributed by atoms with van der Waals surface area (Å²) in [6, 6.07) is 0. The molecule has 3 nitrogen and oxygen atoms in total. The van der Waals surface area contributed by atoms with E-state index in [1.54, 1.807) is 0 Å². The Morgan fingerprint density at radius 1 is 1.58 bits per heavy atom. The summed E-state index contributed by atoms with van der Waals surface area (Å²) in [5, 5.41) is 0. The molecule has 0 aliphatic carbocycles. The molecule has 0 aromatic carbocycles. The third-order valence-electron chi connectivity index (χ3n) is 1.02. The highest BCUT2D eigenvalue weighted by Gasteiger charge is 2.09. The molecule has 5 heteroatoms. The highest BCUT2D eigenvalue weighted by atomic mass is 35.5. The first kappa shape index (κ1) is 11.8. The lowest BCUT2D eigenvalue weighted by molar-refractivity contribution is -0.145. The molecule has 0 aromatic heterocycles. The third-order valence-corrected chi connectivity index (χ3v) is 2.33. The Bertz CT molecular complexity index is 172. The smallest absolute Gasteiger partial charge is 0.313 e. The van der Waals surface area contributed by atoms with Crippen LogP contribution in [0.3, 0.4) is 0 Å². The monoisotopic (exact) mass is 210 g/mol. The van der Waals surface area contributed by atoms with Crippen molar-refractivity contribution in [3.05, 3.63) is 0 Å². The fourth-order valence-electron chi connectivity index (χ4n) is 0.481. The number of hydrogen-bond donors (Lipinski definition) is 0. The van der Waals surface area contributed by atoms with Crippen molar-refractivity contribution in [2.45, 2.75) is 18.1 Å². The Morgan fingerprint density at radius 2 is 2.17 bits per heavy atom. The van der Waals surface area contributed by atoms with Gasteiger partial charge in [0.25, 0.3) is 0 Å². The van der Waals surface area contributed by atoms with Gasteiger partial charge in [-0.2, -0.15) is 0 Å². The molecule has 0 radical (unpaired) electrons. The van der Waals surface area contributed by atoms with Gasteiger partial charge in [0, 0.05) is 0 Å². The summed E-state index contributed by atoms with van der Waals surface area (Å²) in [5.74, 6) is -0.711. The minimum Gasteiger partial charge on any atom is -0.463 e. The van der Waals surface area contributed by atoms with Gasteiger partial charge in [0.15, 0.2) is 0 Å². The number of ketones is 1. The topological polar surface area (TPSA) is 43.4 Å². The maximum Gasteiger partial charge on any atom is 0.313 e. The van der Waals surface area contributed by atoms with E-state index in [9.17, 15) is 9.59 Å². The van der Waals surface area contributed by atoms with Gasteiger partial charge in [-0.15, -0.1) is 23.4 Å². The highest BCUT2D eigenvalue weighted by molar-refractivity contribution is 8.00. The number of alkyl halides is 1. The van der Waals surface area contributed by atoms with E-state index >= 15 is 0 Å². The van der Waals surface area contributed by atoms with Gasteiger partial charge >= 0.3 is 5.97 Å². The fraction of sp³-hybridized carbons (Fsp3) is 0.714. The molecule has 0 saturated carbocycles. The Kier molecular flexibility index (Phi) is 6.20. The molecule has 1 unspecified atom stereocenters. The molecule has 0 spiro atoms. The average molecular weight is 211 g/mol. The molecular formula is C7H11ClO3S. The van der Waals surface area contributed by atoms with E-state index in [-0.39, 0.29) is 23.5 Å². The third kappa shape index (κ3) is 6.49. The van der Waals surface area contributed by atoms with Crippen LogP contribution >= 0.6 is 23.4 Å². The van der Waals surface area contributed by atoms with E-state index in [1.165, 1.54) is 18.7 Å². The maximum absolute atomic E-state index is 10.8. The number of esters is 1. The van der Waals surface area contributed by atoms with E-state index in [0.29, 0.717) is 0 Å². The molecule has 70 valence electrons. The quantitative estimate of drug-likeness (QED) is 0.391. The van der Waals surface area contributed by atoms with Gasteiger partial charge in [-0.05, 0) is 13.2 Å². The molecule has 0 N–H and O–H groups in total.